The number of carbonyl (C=O) groups excluding carboxylic acids is 4. The van der Waals surface area contributed by atoms with Crippen molar-refractivity contribution in [2.45, 2.75) is 64.8 Å². The predicted octanol–water partition coefficient (Wildman–Crippen LogP) is 2.68. The van der Waals surface area contributed by atoms with E-state index in [4.69, 9.17) is 9.47 Å². The van der Waals surface area contributed by atoms with Crippen molar-refractivity contribution in [1.82, 2.24) is 10.6 Å². The number of esters is 1. The highest BCUT2D eigenvalue weighted by molar-refractivity contribution is 6.40. The summed E-state index contributed by atoms with van der Waals surface area (Å²) < 4.78 is 65.1. The number of rotatable bonds is 11. The maximum atomic E-state index is 14.0. The minimum atomic E-state index is -1.90. The highest BCUT2D eigenvalue weighted by Gasteiger charge is 2.33. The largest absolute Gasteiger partial charge is 0.508 e. The molecule has 0 aromatic heterocycles. The first-order chi connectivity index (χ1) is 19.9. The molecule has 0 bridgehead atoms. The van der Waals surface area contributed by atoms with Crippen LogP contribution in [0.25, 0.3) is 0 Å². The van der Waals surface area contributed by atoms with Gasteiger partial charge in [-0.3, -0.25) is 19.2 Å². The fraction of sp³-hybridized carbons (Fsp3) is 0.429. The first-order valence-electron chi connectivity index (χ1n) is 13.0. The zero-order valence-electron chi connectivity index (χ0n) is 24.0. The van der Waals surface area contributed by atoms with E-state index < -0.39 is 95.4 Å². The lowest BCUT2D eigenvalue weighted by Gasteiger charge is -2.29. The molecule has 2 rings (SSSR count). The van der Waals surface area contributed by atoms with Gasteiger partial charge in [0.1, 0.15) is 30.1 Å². The van der Waals surface area contributed by atoms with Gasteiger partial charge in [0.2, 0.25) is 17.5 Å². The van der Waals surface area contributed by atoms with Gasteiger partial charge >= 0.3 is 17.8 Å². The molecule has 3 amide bonds. The standard InChI is InChI=1S/C28H33F4N3O8/c1-13(2)23(35-27(41)26(40)33-14-6-8-15(36)9-7-14)25(39)34-18(11-20(38)43-28(3,4)5)19(37)12-42-24-21(31)16(29)10-17(30)22(24)32/h6-10,13,18-19,23,36-37H,11-12H2,1-5H3,(H,33,40)(H,34,39)(H,35,41)/t18?,19?,23-/m0/s1. The number of phenolic OH excluding ortho intramolecular Hbond substituents is 1. The summed E-state index contributed by atoms with van der Waals surface area (Å²) in [5.41, 5.74) is -0.798. The Morgan fingerprint density at radius 3 is 1.98 bits per heavy atom. The number of benzene rings is 2. The van der Waals surface area contributed by atoms with Crippen LogP contribution in [-0.2, 0) is 23.9 Å². The summed E-state index contributed by atoms with van der Waals surface area (Å²) in [6.45, 7) is 6.66. The second kappa shape index (κ2) is 14.7. The van der Waals surface area contributed by atoms with E-state index in [0.717, 1.165) is 0 Å². The Bertz CT molecular complexity index is 1310. The van der Waals surface area contributed by atoms with Crippen LogP contribution in [0.1, 0.15) is 41.0 Å². The van der Waals surface area contributed by atoms with Crippen molar-refractivity contribution in [3.05, 3.63) is 53.6 Å². The quantitative estimate of drug-likeness (QED) is 0.0847. The third-order valence-electron chi connectivity index (χ3n) is 5.64. The topological polar surface area (TPSA) is 163 Å². The van der Waals surface area contributed by atoms with E-state index in [9.17, 15) is 47.0 Å². The van der Waals surface area contributed by atoms with Gasteiger partial charge in [-0.2, -0.15) is 8.78 Å². The summed E-state index contributed by atoms with van der Waals surface area (Å²) in [6.07, 6.45) is -2.60. The molecule has 2 unspecified atom stereocenters. The van der Waals surface area contributed by atoms with E-state index in [2.05, 4.69) is 16.0 Å². The van der Waals surface area contributed by atoms with Crippen LogP contribution in [0.4, 0.5) is 23.2 Å². The molecule has 0 fully saturated rings. The number of aliphatic hydroxyl groups is 1. The summed E-state index contributed by atoms with van der Waals surface area (Å²) in [5.74, 6) is -13.7. The molecule has 2 aromatic carbocycles. The van der Waals surface area contributed by atoms with Crippen LogP contribution in [0.3, 0.4) is 0 Å². The van der Waals surface area contributed by atoms with Gasteiger partial charge in [-0.15, -0.1) is 0 Å². The number of nitrogens with one attached hydrogen (secondary N) is 3. The van der Waals surface area contributed by atoms with Crippen molar-refractivity contribution in [2.24, 2.45) is 5.92 Å². The van der Waals surface area contributed by atoms with Gasteiger partial charge in [0.25, 0.3) is 0 Å². The fourth-order valence-electron chi connectivity index (χ4n) is 3.56. The van der Waals surface area contributed by atoms with Gasteiger partial charge in [-0.05, 0) is 51.0 Å². The van der Waals surface area contributed by atoms with Crippen molar-refractivity contribution in [2.75, 3.05) is 11.9 Å². The second-order valence-electron chi connectivity index (χ2n) is 10.8. The zero-order valence-corrected chi connectivity index (χ0v) is 24.0. The summed E-state index contributed by atoms with van der Waals surface area (Å²) >= 11 is 0. The summed E-state index contributed by atoms with van der Waals surface area (Å²) in [5, 5.41) is 26.9. The minimum absolute atomic E-state index is 0.0369. The average molecular weight is 616 g/mol. The number of hydrogen-bond donors (Lipinski definition) is 5. The van der Waals surface area contributed by atoms with Crippen molar-refractivity contribution in [3.63, 3.8) is 0 Å². The van der Waals surface area contributed by atoms with E-state index >= 15 is 0 Å². The molecule has 0 radical (unpaired) electrons. The van der Waals surface area contributed by atoms with E-state index in [1.807, 2.05) is 0 Å². The molecular formula is C28H33F4N3O8. The molecule has 236 valence electrons. The van der Waals surface area contributed by atoms with Crippen LogP contribution < -0.4 is 20.7 Å². The van der Waals surface area contributed by atoms with E-state index in [1.54, 1.807) is 20.8 Å². The first-order valence-corrected chi connectivity index (χ1v) is 13.0. The summed E-state index contributed by atoms with van der Waals surface area (Å²) in [4.78, 5) is 50.6. The highest BCUT2D eigenvalue weighted by Crippen LogP contribution is 2.27. The molecule has 0 saturated carbocycles. The number of halogens is 4. The van der Waals surface area contributed by atoms with Gasteiger partial charge in [0, 0.05) is 11.8 Å². The van der Waals surface area contributed by atoms with Gasteiger partial charge < -0.3 is 35.6 Å². The monoisotopic (exact) mass is 615 g/mol. The number of aliphatic hydroxyl groups excluding tert-OH is 1. The molecule has 0 heterocycles. The molecule has 43 heavy (non-hydrogen) atoms. The third kappa shape index (κ3) is 10.4. The molecule has 0 spiro atoms. The SMILES string of the molecule is CC(C)[C@H](NC(=O)C(=O)Nc1ccc(O)cc1)C(=O)NC(CC(=O)OC(C)(C)C)C(O)COc1c(F)c(F)cc(F)c1F. The van der Waals surface area contributed by atoms with Crippen molar-refractivity contribution in [3.8, 4) is 11.5 Å². The number of phenols is 1. The average Bonchev–Trinajstić information content (AvgIpc) is 2.89. The molecule has 3 atom stereocenters. The molecule has 0 aliphatic heterocycles. The molecule has 2 aromatic rings. The Kier molecular flexibility index (Phi) is 11.9. The number of hydrogen-bond acceptors (Lipinski definition) is 8. The minimum Gasteiger partial charge on any atom is -0.508 e. The fourth-order valence-corrected chi connectivity index (χ4v) is 3.56. The van der Waals surface area contributed by atoms with Gasteiger partial charge in [-0.25, -0.2) is 8.78 Å². The van der Waals surface area contributed by atoms with Crippen LogP contribution in [0.2, 0.25) is 0 Å². The maximum Gasteiger partial charge on any atom is 0.313 e. The highest BCUT2D eigenvalue weighted by atomic mass is 19.2. The molecule has 0 aliphatic carbocycles. The molecular weight excluding hydrogens is 582 g/mol. The number of carbonyl (C=O) groups is 4. The van der Waals surface area contributed by atoms with E-state index in [0.29, 0.717) is 0 Å². The van der Waals surface area contributed by atoms with Crippen LogP contribution in [-0.4, -0.2) is 64.3 Å². The molecule has 11 nitrogen and oxygen atoms in total. The Morgan fingerprint density at radius 1 is 0.907 bits per heavy atom. The second-order valence-corrected chi connectivity index (χ2v) is 10.8. The van der Waals surface area contributed by atoms with Gasteiger partial charge in [0.15, 0.2) is 17.4 Å². The smallest absolute Gasteiger partial charge is 0.313 e. The maximum absolute atomic E-state index is 14.0. The van der Waals surface area contributed by atoms with E-state index in [-0.39, 0.29) is 17.5 Å². The number of anilines is 1. The number of aromatic hydroxyl groups is 1. The van der Waals surface area contributed by atoms with Gasteiger partial charge in [-0.1, -0.05) is 13.8 Å². The van der Waals surface area contributed by atoms with Crippen LogP contribution in [0, 0.1) is 29.2 Å². The van der Waals surface area contributed by atoms with Crippen LogP contribution >= 0.6 is 0 Å². The normalized spacial score (nSPS) is 13.5. The Balaban J connectivity index is 2.21. The Labute approximate surface area is 244 Å². The van der Waals surface area contributed by atoms with Gasteiger partial charge in [0.05, 0.1) is 12.5 Å². The Hall–Kier alpha value is -4.40. The number of amides is 3. The molecule has 15 heteroatoms. The van der Waals surface area contributed by atoms with E-state index in [1.165, 1.54) is 38.1 Å². The van der Waals surface area contributed by atoms with Crippen molar-refractivity contribution in [1.29, 1.82) is 0 Å². The van der Waals surface area contributed by atoms with Crippen LogP contribution in [0.5, 0.6) is 11.5 Å². The third-order valence-corrected chi connectivity index (χ3v) is 5.64. The first kappa shape index (κ1) is 34.8. The number of ether oxygens (including phenoxy) is 2. The predicted molar refractivity (Wildman–Crippen MR) is 144 cm³/mol. The summed E-state index contributed by atoms with van der Waals surface area (Å²) in [6, 6.07) is 2.21. The van der Waals surface area contributed by atoms with Crippen molar-refractivity contribution < 1.29 is 56.4 Å². The summed E-state index contributed by atoms with van der Waals surface area (Å²) in [7, 11) is 0. The lowest BCUT2D eigenvalue weighted by atomic mass is 10.0. The lowest BCUT2D eigenvalue weighted by Crippen LogP contribution is -2.57. The molecule has 0 saturated heterocycles. The lowest BCUT2D eigenvalue weighted by molar-refractivity contribution is -0.156. The molecule has 0 aliphatic rings. The van der Waals surface area contributed by atoms with Crippen molar-refractivity contribution >= 4 is 29.4 Å². The zero-order chi connectivity index (χ0) is 32.6. The molecule has 5 N–H and O–H groups in total. The van der Waals surface area contributed by atoms with Crippen LogP contribution in [0.15, 0.2) is 30.3 Å². The Morgan fingerprint density at radius 2 is 1.47 bits per heavy atom.